The normalized spacial score (nSPS) is 19.1. The Bertz CT molecular complexity index is 538. The number of amides is 1. The van der Waals surface area contributed by atoms with E-state index in [1.165, 1.54) is 6.42 Å². The van der Waals surface area contributed by atoms with Crippen molar-refractivity contribution in [1.29, 1.82) is 0 Å². The summed E-state index contributed by atoms with van der Waals surface area (Å²) in [6, 6.07) is 7.81. The van der Waals surface area contributed by atoms with E-state index in [1.54, 1.807) is 13.2 Å². The molecular weight excluding hydrogens is 276 g/mol. The Morgan fingerprint density at radius 2 is 2.32 bits per heavy atom. The van der Waals surface area contributed by atoms with Crippen molar-refractivity contribution in [1.82, 2.24) is 10.2 Å². The standard InChI is InChI=1S/C18H26N2O2/c1-14(16-7-4-8-17(11-16)22-3)10-18(21)20-9-5-6-15(13-20)12-19-2/h4,7-8,10-11,15,19H,5-6,9,12-13H2,1-3H3/b14-10+. The topological polar surface area (TPSA) is 41.6 Å². The summed E-state index contributed by atoms with van der Waals surface area (Å²) < 4.78 is 5.24. The number of rotatable bonds is 5. The molecule has 120 valence electrons. The van der Waals surface area contributed by atoms with E-state index in [2.05, 4.69) is 5.32 Å². The molecule has 1 N–H and O–H groups in total. The molecule has 1 aliphatic rings. The number of nitrogens with one attached hydrogen (secondary N) is 1. The van der Waals surface area contributed by atoms with Gasteiger partial charge in [-0.05, 0) is 62.5 Å². The van der Waals surface area contributed by atoms with Gasteiger partial charge < -0.3 is 15.0 Å². The number of piperidine rings is 1. The summed E-state index contributed by atoms with van der Waals surface area (Å²) in [4.78, 5) is 14.5. The molecule has 4 heteroatoms. The van der Waals surface area contributed by atoms with Crippen LogP contribution >= 0.6 is 0 Å². The van der Waals surface area contributed by atoms with E-state index in [0.29, 0.717) is 5.92 Å². The average Bonchev–Trinajstić information content (AvgIpc) is 2.55. The molecule has 1 heterocycles. The first-order chi connectivity index (χ1) is 10.6. The maximum absolute atomic E-state index is 12.5. The number of nitrogens with zero attached hydrogens (tertiary/aromatic N) is 1. The lowest BCUT2D eigenvalue weighted by molar-refractivity contribution is -0.127. The molecule has 2 rings (SSSR count). The molecule has 0 aliphatic carbocycles. The van der Waals surface area contributed by atoms with E-state index in [1.807, 2.05) is 43.1 Å². The van der Waals surface area contributed by atoms with Gasteiger partial charge in [0, 0.05) is 19.2 Å². The zero-order valence-corrected chi connectivity index (χ0v) is 13.8. The minimum absolute atomic E-state index is 0.112. The fourth-order valence-electron chi connectivity index (χ4n) is 2.95. The molecular formula is C18H26N2O2. The maximum Gasteiger partial charge on any atom is 0.246 e. The van der Waals surface area contributed by atoms with Crippen molar-refractivity contribution in [2.24, 2.45) is 5.92 Å². The van der Waals surface area contributed by atoms with E-state index in [0.717, 1.165) is 42.9 Å². The zero-order valence-electron chi connectivity index (χ0n) is 13.8. The summed E-state index contributed by atoms with van der Waals surface area (Å²) in [5.41, 5.74) is 2.00. The van der Waals surface area contributed by atoms with Gasteiger partial charge in [-0.25, -0.2) is 0 Å². The van der Waals surface area contributed by atoms with Crippen LogP contribution in [0.4, 0.5) is 0 Å². The lowest BCUT2D eigenvalue weighted by Gasteiger charge is -2.32. The van der Waals surface area contributed by atoms with E-state index in [-0.39, 0.29) is 5.91 Å². The largest absolute Gasteiger partial charge is 0.497 e. The quantitative estimate of drug-likeness (QED) is 0.850. The third-order valence-corrected chi connectivity index (χ3v) is 4.19. The molecule has 0 spiro atoms. The average molecular weight is 302 g/mol. The fourth-order valence-corrected chi connectivity index (χ4v) is 2.95. The van der Waals surface area contributed by atoms with Gasteiger partial charge in [0.05, 0.1) is 7.11 Å². The summed E-state index contributed by atoms with van der Waals surface area (Å²) in [6.45, 7) is 4.66. The van der Waals surface area contributed by atoms with Gasteiger partial charge in [-0.1, -0.05) is 12.1 Å². The SMILES string of the molecule is CNCC1CCCN(C(=O)/C=C(\C)c2cccc(OC)c2)C1. The molecule has 1 aromatic carbocycles. The molecule has 1 amide bonds. The Hall–Kier alpha value is -1.81. The van der Waals surface area contributed by atoms with Crippen LogP contribution in [0.1, 0.15) is 25.3 Å². The van der Waals surface area contributed by atoms with Crippen LogP contribution in [0, 0.1) is 5.92 Å². The molecule has 1 atom stereocenters. The van der Waals surface area contributed by atoms with Crippen molar-refractivity contribution in [3.8, 4) is 5.75 Å². The first-order valence-corrected chi connectivity index (χ1v) is 7.90. The number of hydrogen-bond donors (Lipinski definition) is 1. The van der Waals surface area contributed by atoms with Crippen LogP contribution in [0.2, 0.25) is 0 Å². The molecule has 1 unspecified atom stereocenters. The van der Waals surface area contributed by atoms with Crippen molar-refractivity contribution >= 4 is 11.5 Å². The molecule has 1 aromatic rings. The number of allylic oxidation sites excluding steroid dienone is 1. The van der Waals surface area contributed by atoms with Crippen LogP contribution in [0.5, 0.6) is 5.75 Å². The Morgan fingerprint density at radius 3 is 3.05 bits per heavy atom. The first-order valence-electron chi connectivity index (χ1n) is 7.90. The molecule has 4 nitrogen and oxygen atoms in total. The maximum atomic E-state index is 12.5. The number of methoxy groups -OCH3 is 1. The van der Waals surface area contributed by atoms with Gasteiger partial charge in [0.2, 0.25) is 5.91 Å². The second kappa shape index (κ2) is 7.99. The van der Waals surface area contributed by atoms with Gasteiger partial charge >= 0.3 is 0 Å². The highest BCUT2D eigenvalue weighted by molar-refractivity contribution is 5.95. The van der Waals surface area contributed by atoms with Gasteiger partial charge in [-0.15, -0.1) is 0 Å². The number of benzene rings is 1. The number of carbonyl (C=O) groups excluding carboxylic acids is 1. The molecule has 1 saturated heterocycles. The van der Waals surface area contributed by atoms with Crippen molar-refractivity contribution in [2.75, 3.05) is 33.8 Å². The predicted octanol–water partition coefficient (Wildman–Crippen LogP) is 2.56. The minimum atomic E-state index is 0.112. The molecule has 1 fully saturated rings. The van der Waals surface area contributed by atoms with Crippen molar-refractivity contribution in [3.63, 3.8) is 0 Å². The Balaban J connectivity index is 2.05. The number of hydrogen-bond acceptors (Lipinski definition) is 3. The summed E-state index contributed by atoms with van der Waals surface area (Å²) in [6.07, 6.45) is 4.03. The van der Waals surface area contributed by atoms with E-state index in [9.17, 15) is 4.79 Å². The monoisotopic (exact) mass is 302 g/mol. The Labute approximate surface area is 133 Å². The van der Waals surface area contributed by atoms with Crippen LogP contribution < -0.4 is 10.1 Å². The minimum Gasteiger partial charge on any atom is -0.497 e. The summed E-state index contributed by atoms with van der Waals surface area (Å²) in [5, 5.41) is 3.21. The van der Waals surface area contributed by atoms with Crippen molar-refractivity contribution in [2.45, 2.75) is 19.8 Å². The third-order valence-electron chi connectivity index (χ3n) is 4.19. The van der Waals surface area contributed by atoms with E-state index < -0.39 is 0 Å². The smallest absolute Gasteiger partial charge is 0.246 e. The van der Waals surface area contributed by atoms with Crippen LogP contribution in [0.3, 0.4) is 0 Å². The van der Waals surface area contributed by atoms with Gasteiger partial charge in [-0.3, -0.25) is 4.79 Å². The van der Waals surface area contributed by atoms with E-state index in [4.69, 9.17) is 4.74 Å². The molecule has 0 bridgehead atoms. The van der Waals surface area contributed by atoms with E-state index >= 15 is 0 Å². The molecule has 22 heavy (non-hydrogen) atoms. The first kappa shape index (κ1) is 16.6. The Kier molecular flexibility index (Phi) is 6.01. The molecule has 0 aromatic heterocycles. The lowest BCUT2D eigenvalue weighted by Crippen LogP contribution is -2.41. The number of carbonyl (C=O) groups is 1. The zero-order chi connectivity index (χ0) is 15.9. The highest BCUT2D eigenvalue weighted by atomic mass is 16.5. The van der Waals surface area contributed by atoms with Crippen molar-refractivity contribution < 1.29 is 9.53 Å². The second-order valence-electron chi connectivity index (χ2n) is 5.91. The lowest BCUT2D eigenvalue weighted by atomic mass is 9.97. The van der Waals surface area contributed by atoms with Crippen LogP contribution in [-0.2, 0) is 4.79 Å². The molecule has 0 saturated carbocycles. The van der Waals surface area contributed by atoms with Crippen LogP contribution in [0.25, 0.3) is 5.57 Å². The Morgan fingerprint density at radius 1 is 1.50 bits per heavy atom. The second-order valence-corrected chi connectivity index (χ2v) is 5.91. The highest BCUT2D eigenvalue weighted by Gasteiger charge is 2.22. The van der Waals surface area contributed by atoms with Gasteiger partial charge in [-0.2, -0.15) is 0 Å². The van der Waals surface area contributed by atoms with Gasteiger partial charge in [0.25, 0.3) is 0 Å². The van der Waals surface area contributed by atoms with Crippen LogP contribution in [0.15, 0.2) is 30.3 Å². The summed E-state index contributed by atoms with van der Waals surface area (Å²) in [7, 11) is 3.62. The fraction of sp³-hybridized carbons (Fsp3) is 0.500. The van der Waals surface area contributed by atoms with Crippen molar-refractivity contribution in [3.05, 3.63) is 35.9 Å². The van der Waals surface area contributed by atoms with Gasteiger partial charge in [0.1, 0.15) is 5.75 Å². The summed E-state index contributed by atoms with van der Waals surface area (Å²) >= 11 is 0. The third kappa shape index (κ3) is 4.34. The number of likely N-dealkylation sites (tertiary alicyclic amines) is 1. The molecule has 1 aliphatic heterocycles. The number of ether oxygens (including phenoxy) is 1. The molecule has 0 radical (unpaired) electrons. The van der Waals surface area contributed by atoms with Crippen LogP contribution in [-0.4, -0.2) is 44.6 Å². The highest BCUT2D eigenvalue weighted by Crippen LogP contribution is 2.21. The van der Waals surface area contributed by atoms with Gasteiger partial charge in [0.15, 0.2) is 0 Å². The summed E-state index contributed by atoms with van der Waals surface area (Å²) in [5.74, 6) is 1.49. The predicted molar refractivity (Wildman–Crippen MR) is 89.9 cm³/mol.